The normalized spacial score (nSPS) is 16.9. The molecule has 1 aromatic rings. The van der Waals surface area contributed by atoms with Crippen molar-refractivity contribution in [3.05, 3.63) is 29.3 Å². The van der Waals surface area contributed by atoms with E-state index in [1.165, 1.54) is 28.8 Å². The summed E-state index contributed by atoms with van der Waals surface area (Å²) in [4.78, 5) is 22.8. The van der Waals surface area contributed by atoms with Crippen molar-refractivity contribution in [2.75, 3.05) is 24.7 Å². The molecule has 0 spiro atoms. The first-order valence-corrected chi connectivity index (χ1v) is 8.98. The van der Waals surface area contributed by atoms with Crippen molar-refractivity contribution in [1.82, 2.24) is 4.31 Å². The third-order valence-electron chi connectivity index (χ3n) is 3.85. The quantitative estimate of drug-likeness (QED) is 0.677. The number of primary amides is 2. The van der Waals surface area contributed by atoms with Crippen LogP contribution in [-0.4, -0.2) is 49.9 Å². The number of carbonyl (C=O) groups excluding carboxylic acids is 2. The molecular formula is C14H20N4O4S. The maximum Gasteiger partial charge on any atom is 0.250 e. The van der Waals surface area contributed by atoms with E-state index >= 15 is 0 Å². The lowest BCUT2D eigenvalue weighted by Crippen LogP contribution is -2.42. The van der Waals surface area contributed by atoms with Gasteiger partial charge in [0.2, 0.25) is 15.9 Å². The molecule has 1 aliphatic heterocycles. The lowest BCUT2D eigenvalue weighted by Gasteiger charge is -2.31. The van der Waals surface area contributed by atoms with E-state index in [9.17, 15) is 18.0 Å². The molecule has 0 radical (unpaired) electrons. The van der Waals surface area contributed by atoms with Crippen molar-refractivity contribution in [3.63, 3.8) is 0 Å². The van der Waals surface area contributed by atoms with Crippen LogP contribution in [0.25, 0.3) is 0 Å². The third-order valence-corrected chi connectivity index (χ3v) is 5.16. The largest absolute Gasteiger partial charge is 0.382 e. The lowest BCUT2D eigenvalue weighted by atomic mass is 10.0. The van der Waals surface area contributed by atoms with E-state index in [1.54, 1.807) is 0 Å². The predicted octanol–water partition coefficient (Wildman–Crippen LogP) is -0.280. The summed E-state index contributed by atoms with van der Waals surface area (Å²) < 4.78 is 24.4. The van der Waals surface area contributed by atoms with Crippen LogP contribution in [0.1, 0.15) is 33.6 Å². The van der Waals surface area contributed by atoms with Gasteiger partial charge >= 0.3 is 0 Å². The van der Waals surface area contributed by atoms with E-state index in [-0.39, 0.29) is 17.2 Å². The fourth-order valence-electron chi connectivity index (χ4n) is 2.58. The second-order valence-electron chi connectivity index (χ2n) is 5.57. The Balaban J connectivity index is 2.15. The first kappa shape index (κ1) is 17.2. The molecule has 2 rings (SSSR count). The third kappa shape index (κ3) is 4.20. The van der Waals surface area contributed by atoms with Crippen molar-refractivity contribution in [1.29, 1.82) is 0 Å². The van der Waals surface area contributed by atoms with Crippen LogP contribution in [0.5, 0.6) is 0 Å². The number of carbonyl (C=O) groups is 2. The van der Waals surface area contributed by atoms with Crippen molar-refractivity contribution in [2.45, 2.75) is 18.9 Å². The number of hydrogen-bond donors (Lipinski definition) is 3. The summed E-state index contributed by atoms with van der Waals surface area (Å²) in [7, 11) is -3.19. The van der Waals surface area contributed by atoms with Gasteiger partial charge in [-0.2, -0.15) is 0 Å². The van der Waals surface area contributed by atoms with Crippen molar-refractivity contribution in [2.24, 2.45) is 11.5 Å². The molecular weight excluding hydrogens is 320 g/mol. The van der Waals surface area contributed by atoms with Crippen LogP contribution >= 0.6 is 0 Å². The van der Waals surface area contributed by atoms with Gasteiger partial charge in [-0.05, 0) is 31.0 Å². The summed E-state index contributed by atoms with van der Waals surface area (Å²) in [6.45, 7) is 0.801. The summed E-state index contributed by atoms with van der Waals surface area (Å²) in [5.74, 6) is -1.21. The fraction of sp³-hybridized carbons (Fsp3) is 0.429. The van der Waals surface area contributed by atoms with Crippen molar-refractivity contribution in [3.8, 4) is 0 Å². The minimum atomic E-state index is -3.19. The Morgan fingerprint density at radius 2 is 1.78 bits per heavy atom. The molecule has 0 saturated carbocycles. The number of benzene rings is 1. The van der Waals surface area contributed by atoms with E-state index in [1.807, 2.05) is 0 Å². The van der Waals surface area contributed by atoms with Gasteiger partial charge in [0.05, 0.1) is 11.8 Å². The van der Waals surface area contributed by atoms with Crippen LogP contribution in [0, 0.1) is 0 Å². The minimum Gasteiger partial charge on any atom is -0.382 e. The van der Waals surface area contributed by atoms with Gasteiger partial charge in [-0.15, -0.1) is 0 Å². The first-order chi connectivity index (χ1) is 10.7. The van der Waals surface area contributed by atoms with Gasteiger partial charge in [0.25, 0.3) is 5.91 Å². The zero-order valence-electron chi connectivity index (χ0n) is 12.8. The Labute approximate surface area is 134 Å². The molecule has 2 amide bonds. The highest BCUT2D eigenvalue weighted by molar-refractivity contribution is 7.88. The van der Waals surface area contributed by atoms with E-state index in [0.29, 0.717) is 31.6 Å². The Bertz CT molecular complexity index is 724. The number of sulfonamides is 1. The predicted molar refractivity (Wildman–Crippen MR) is 86.5 cm³/mol. The Morgan fingerprint density at radius 1 is 1.17 bits per heavy atom. The Hall–Kier alpha value is -2.13. The fourth-order valence-corrected chi connectivity index (χ4v) is 3.46. The maximum atomic E-state index is 11.5. The molecule has 5 N–H and O–H groups in total. The van der Waals surface area contributed by atoms with Crippen molar-refractivity contribution >= 4 is 27.5 Å². The number of hydrogen-bond acceptors (Lipinski definition) is 5. The number of piperidine rings is 1. The van der Waals surface area contributed by atoms with Gasteiger partial charge in [-0.1, -0.05) is 0 Å². The molecule has 1 heterocycles. The van der Waals surface area contributed by atoms with Gasteiger partial charge < -0.3 is 16.8 Å². The molecule has 0 unspecified atom stereocenters. The number of anilines is 1. The molecule has 8 nitrogen and oxygen atoms in total. The maximum absolute atomic E-state index is 11.5. The zero-order chi connectivity index (χ0) is 17.2. The van der Waals surface area contributed by atoms with E-state index in [2.05, 4.69) is 5.32 Å². The summed E-state index contributed by atoms with van der Waals surface area (Å²) in [6, 6.07) is 4.37. The number of nitrogens with zero attached hydrogens (tertiary/aromatic N) is 1. The lowest BCUT2D eigenvalue weighted by molar-refractivity contribution is 0.0989. The molecule has 0 aromatic heterocycles. The number of rotatable bonds is 5. The van der Waals surface area contributed by atoms with Crippen LogP contribution < -0.4 is 16.8 Å². The topological polar surface area (TPSA) is 136 Å². The molecule has 1 saturated heterocycles. The second kappa shape index (κ2) is 6.55. The van der Waals surface area contributed by atoms with Crippen LogP contribution in [0.4, 0.5) is 5.69 Å². The minimum absolute atomic E-state index is 0.0192. The van der Waals surface area contributed by atoms with Gasteiger partial charge in [0.1, 0.15) is 0 Å². The zero-order valence-corrected chi connectivity index (χ0v) is 13.6. The Kier molecular flexibility index (Phi) is 4.90. The molecule has 0 aliphatic carbocycles. The van der Waals surface area contributed by atoms with Crippen LogP contribution in [0.2, 0.25) is 0 Å². The van der Waals surface area contributed by atoms with Gasteiger partial charge in [-0.3, -0.25) is 9.59 Å². The van der Waals surface area contributed by atoms with E-state index in [4.69, 9.17) is 11.5 Å². The highest BCUT2D eigenvalue weighted by Crippen LogP contribution is 2.22. The number of nitrogens with one attached hydrogen (secondary N) is 1. The smallest absolute Gasteiger partial charge is 0.250 e. The summed E-state index contributed by atoms with van der Waals surface area (Å²) in [5.41, 5.74) is 11.6. The molecule has 23 heavy (non-hydrogen) atoms. The van der Waals surface area contributed by atoms with Gasteiger partial charge in [0.15, 0.2) is 0 Å². The monoisotopic (exact) mass is 340 g/mol. The van der Waals surface area contributed by atoms with E-state index < -0.39 is 21.8 Å². The van der Waals surface area contributed by atoms with E-state index in [0.717, 1.165) is 0 Å². The first-order valence-electron chi connectivity index (χ1n) is 7.14. The molecule has 1 fully saturated rings. The summed E-state index contributed by atoms with van der Waals surface area (Å²) in [6.07, 6.45) is 2.36. The molecule has 1 aromatic carbocycles. The van der Waals surface area contributed by atoms with Crippen LogP contribution in [-0.2, 0) is 10.0 Å². The molecule has 0 atom stereocenters. The van der Waals surface area contributed by atoms with Gasteiger partial charge in [-0.25, -0.2) is 12.7 Å². The second-order valence-corrected chi connectivity index (χ2v) is 7.55. The standard InChI is InChI=1S/C14H20N4O4S/c1-23(21,22)18-6-4-10(5-7-18)17-12-8-9(13(15)19)2-3-11(12)14(16)20/h2-3,8,10,17H,4-7H2,1H3,(H2,15,19)(H2,16,20). The van der Waals surface area contributed by atoms with Crippen molar-refractivity contribution < 1.29 is 18.0 Å². The number of nitrogens with two attached hydrogens (primary N) is 2. The summed E-state index contributed by atoms with van der Waals surface area (Å²) >= 11 is 0. The number of amides is 2. The molecule has 0 bridgehead atoms. The highest BCUT2D eigenvalue weighted by atomic mass is 32.2. The molecule has 126 valence electrons. The van der Waals surface area contributed by atoms with Gasteiger partial charge in [0, 0.05) is 30.4 Å². The average molecular weight is 340 g/mol. The Morgan fingerprint density at radius 3 is 2.26 bits per heavy atom. The van der Waals surface area contributed by atoms with Crippen LogP contribution in [0.15, 0.2) is 18.2 Å². The average Bonchev–Trinajstić information content (AvgIpc) is 2.46. The molecule has 1 aliphatic rings. The SMILES string of the molecule is CS(=O)(=O)N1CCC(Nc2cc(C(N)=O)ccc2C(N)=O)CC1. The van der Waals surface area contributed by atoms with Crippen LogP contribution in [0.3, 0.4) is 0 Å². The highest BCUT2D eigenvalue weighted by Gasteiger charge is 2.25. The summed E-state index contributed by atoms with van der Waals surface area (Å²) in [5, 5.41) is 3.17. The molecule has 9 heteroatoms.